The predicted molar refractivity (Wildman–Crippen MR) is 129 cm³/mol. The van der Waals surface area contributed by atoms with E-state index in [-0.39, 0.29) is 5.41 Å². The first-order valence-corrected chi connectivity index (χ1v) is 13.8. The zero-order valence-corrected chi connectivity index (χ0v) is 21.8. The highest BCUT2D eigenvalue weighted by atomic mass is 19.4. The van der Waals surface area contributed by atoms with Crippen LogP contribution in [-0.2, 0) is 9.53 Å². The Bertz CT molecular complexity index is 787. The largest absolute Gasteiger partial charge is 0.490 e. The summed E-state index contributed by atoms with van der Waals surface area (Å²) in [7, 11) is 0. The van der Waals surface area contributed by atoms with E-state index in [1.54, 1.807) is 0 Å². The van der Waals surface area contributed by atoms with Gasteiger partial charge in [0.2, 0.25) is 0 Å². The van der Waals surface area contributed by atoms with Crippen LogP contribution in [0.1, 0.15) is 105 Å². The zero-order chi connectivity index (χ0) is 24.9. The molecule has 0 heterocycles. The molecule has 4 aliphatic carbocycles. The summed E-state index contributed by atoms with van der Waals surface area (Å²) in [6, 6.07) is 0. The highest BCUT2D eigenvalue weighted by Gasteiger charge is 2.59. The van der Waals surface area contributed by atoms with Gasteiger partial charge in [-0.1, -0.05) is 65.5 Å². The Hall–Kier alpha value is -1.00. The fourth-order valence-corrected chi connectivity index (χ4v) is 8.97. The van der Waals surface area contributed by atoms with E-state index in [2.05, 4.69) is 40.7 Å². The van der Waals surface area contributed by atoms with Gasteiger partial charge in [0.25, 0.3) is 0 Å². The number of fused-ring (bicyclic) bond motifs is 5. The first-order valence-electron chi connectivity index (χ1n) is 13.8. The third-order valence-corrected chi connectivity index (χ3v) is 10.8. The molecule has 0 bridgehead atoms. The minimum atomic E-state index is -4.91. The molecule has 0 saturated heterocycles. The summed E-state index contributed by atoms with van der Waals surface area (Å²) in [5.74, 6) is 2.42. The van der Waals surface area contributed by atoms with Gasteiger partial charge in [-0.2, -0.15) is 13.2 Å². The predicted octanol–water partition coefficient (Wildman–Crippen LogP) is 8.50. The van der Waals surface area contributed by atoms with Crippen LogP contribution in [0.15, 0.2) is 11.6 Å². The lowest BCUT2D eigenvalue weighted by molar-refractivity contribution is -0.206. The summed E-state index contributed by atoms with van der Waals surface area (Å²) in [6.45, 7) is 12.1. The van der Waals surface area contributed by atoms with Gasteiger partial charge in [-0.15, -0.1) is 0 Å². The van der Waals surface area contributed by atoms with E-state index in [4.69, 9.17) is 4.74 Å². The molecule has 4 aliphatic rings. The van der Waals surface area contributed by atoms with Crippen molar-refractivity contribution < 1.29 is 22.7 Å². The molecule has 2 nitrogen and oxygen atoms in total. The average Bonchev–Trinajstić information content (AvgIpc) is 3.10. The molecule has 0 N–H and O–H groups in total. The number of rotatable bonds is 6. The molecule has 8 atom stereocenters. The Morgan fingerprint density at radius 3 is 2.47 bits per heavy atom. The lowest BCUT2D eigenvalue weighted by Crippen LogP contribution is -2.51. The highest BCUT2D eigenvalue weighted by molar-refractivity contribution is 5.75. The second-order valence-electron chi connectivity index (χ2n) is 13.1. The fraction of sp³-hybridized carbons (Fsp3) is 0.897. The van der Waals surface area contributed by atoms with Gasteiger partial charge in [0.15, 0.2) is 0 Å². The highest BCUT2D eigenvalue weighted by Crippen LogP contribution is 2.67. The summed E-state index contributed by atoms with van der Waals surface area (Å²) in [5.41, 5.74) is 1.73. The molecular formula is C29H45F3O2. The van der Waals surface area contributed by atoms with Crippen molar-refractivity contribution in [3.8, 4) is 0 Å². The van der Waals surface area contributed by atoms with Crippen LogP contribution in [-0.4, -0.2) is 18.2 Å². The van der Waals surface area contributed by atoms with E-state index in [9.17, 15) is 18.0 Å². The molecule has 0 radical (unpaired) electrons. The molecule has 0 aromatic rings. The van der Waals surface area contributed by atoms with E-state index in [0.29, 0.717) is 30.1 Å². The quantitative estimate of drug-likeness (QED) is 0.280. The van der Waals surface area contributed by atoms with Crippen LogP contribution in [0, 0.1) is 46.3 Å². The van der Waals surface area contributed by atoms with E-state index in [1.807, 2.05) is 0 Å². The molecule has 3 saturated carbocycles. The zero-order valence-electron chi connectivity index (χ0n) is 21.8. The smallest absolute Gasteiger partial charge is 0.455 e. The number of halogens is 3. The number of carbonyl (C=O) groups excluding carboxylic acids is 1. The van der Waals surface area contributed by atoms with E-state index < -0.39 is 18.2 Å². The second-order valence-corrected chi connectivity index (χ2v) is 13.1. The summed E-state index contributed by atoms with van der Waals surface area (Å²) in [5, 5.41) is 0. The lowest BCUT2D eigenvalue weighted by Gasteiger charge is -2.58. The number of ether oxygens (including phenoxy) is 1. The minimum Gasteiger partial charge on any atom is -0.455 e. The van der Waals surface area contributed by atoms with Crippen LogP contribution in [0.4, 0.5) is 13.2 Å². The molecular weight excluding hydrogens is 437 g/mol. The molecule has 0 amide bonds. The standard InChI is InChI=1S/C29H45F3O2/c1-18(2)7-6-8-19(3)23-11-12-24-22-10-9-20-17-21(34-26(33)29(30,31)32)13-15-27(20,4)25(22)14-16-28(23,24)5/h9,18-19,21-25H,6-8,10-17H2,1-5H3. The van der Waals surface area contributed by atoms with Crippen molar-refractivity contribution in [2.24, 2.45) is 46.3 Å². The number of hydrogen-bond donors (Lipinski definition) is 0. The van der Waals surface area contributed by atoms with Crippen LogP contribution >= 0.6 is 0 Å². The molecule has 0 aliphatic heterocycles. The van der Waals surface area contributed by atoms with Crippen LogP contribution < -0.4 is 0 Å². The third-order valence-electron chi connectivity index (χ3n) is 10.8. The topological polar surface area (TPSA) is 26.3 Å². The summed E-state index contributed by atoms with van der Waals surface area (Å²) in [4.78, 5) is 11.4. The SMILES string of the molecule is CC(C)CCCC(C)C1CCC2C3CC=C4CC(OC(=O)C(F)(F)F)CCC4(C)C3CCC12C. The van der Waals surface area contributed by atoms with E-state index in [1.165, 1.54) is 50.5 Å². The van der Waals surface area contributed by atoms with Gasteiger partial charge in [-0.05, 0) is 91.3 Å². The number of alkyl halides is 3. The molecule has 4 rings (SSSR count). The Balaban J connectivity index is 1.44. The maximum absolute atomic E-state index is 12.7. The normalized spacial score (nSPS) is 40.7. The average molecular weight is 483 g/mol. The molecule has 0 aromatic carbocycles. The van der Waals surface area contributed by atoms with Crippen LogP contribution in [0.3, 0.4) is 0 Å². The monoisotopic (exact) mass is 482 g/mol. The Kier molecular flexibility index (Phi) is 7.26. The van der Waals surface area contributed by atoms with E-state index in [0.717, 1.165) is 36.5 Å². The Morgan fingerprint density at radius 1 is 1.06 bits per heavy atom. The molecule has 0 aromatic heterocycles. The maximum Gasteiger partial charge on any atom is 0.490 e. The van der Waals surface area contributed by atoms with Gasteiger partial charge in [-0.25, -0.2) is 4.79 Å². The van der Waals surface area contributed by atoms with Crippen molar-refractivity contribution in [1.29, 1.82) is 0 Å². The van der Waals surface area contributed by atoms with Gasteiger partial charge in [0.05, 0.1) is 0 Å². The van der Waals surface area contributed by atoms with Crippen LogP contribution in [0.5, 0.6) is 0 Å². The van der Waals surface area contributed by atoms with Crippen molar-refractivity contribution in [3.63, 3.8) is 0 Å². The summed E-state index contributed by atoms with van der Waals surface area (Å²) in [6.07, 6.45) is 8.89. The van der Waals surface area contributed by atoms with E-state index >= 15 is 0 Å². The van der Waals surface area contributed by atoms with Crippen molar-refractivity contribution >= 4 is 5.97 Å². The number of hydrogen-bond acceptors (Lipinski definition) is 2. The third kappa shape index (κ3) is 4.71. The molecule has 5 heteroatoms. The molecule has 0 spiro atoms. The van der Waals surface area contributed by atoms with Crippen molar-refractivity contribution in [3.05, 3.63) is 11.6 Å². The van der Waals surface area contributed by atoms with Crippen LogP contribution in [0.2, 0.25) is 0 Å². The Labute approximate surface area is 204 Å². The van der Waals surface area contributed by atoms with Gasteiger partial charge >= 0.3 is 12.1 Å². The van der Waals surface area contributed by atoms with Crippen molar-refractivity contribution in [2.75, 3.05) is 0 Å². The van der Waals surface area contributed by atoms with Gasteiger partial charge < -0.3 is 4.74 Å². The maximum atomic E-state index is 12.7. The minimum absolute atomic E-state index is 0.0480. The fourth-order valence-electron chi connectivity index (χ4n) is 8.97. The number of allylic oxidation sites excluding steroid dienone is 1. The number of carbonyl (C=O) groups is 1. The molecule has 194 valence electrons. The first kappa shape index (κ1) is 26.1. The van der Waals surface area contributed by atoms with Crippen molar-refractivity contribution in [2.45, 2.75) is 118 Å². The van der Waals surface area contributed by atoms with Gasteiger partial charge in [0, 0.05) is 6.42 Å². The number of esters is 1. The first-order chi connectivity index (χ1) is 15.9. The van der Waals surface area contributed by atoms with Gasteiger partial charge in [-0.3, -0.25) is 0 Å². The van der Waals surface area contributed by atoms with Gasteiger partial charge in [0.1, 0.15) is 6.10 Å². The lowest BCUT2D eigenvalue weighted by atomic mass is 9.47. The second kappa shape index (κ2) is 9.47. The Morgan fingerprint density at radius 2 is 1.79 bits per heavy atom. The van der Waals surface area contributed by atoms with Crippen LogP contribution in [0.25, 0.3) is 0 Å². The summed E-state index contributed by atoms with van der Waals surface area (Å²) >= 11 is 0. The molecule has 8 unspecified atom stereocenters. The molecule has 34 heavy (non-hydrogen) atoms. The molecule has 3 fully saturated rings. The van der Waals surface area contributed by atoms with Crippen molar-refractivity contribution in [1.82, 2.24) is 0 Å². The summed E-state index contributed by atoms with van der Waals surface area (Å²) < 4.78 is 42.9.